The van der Waals surface area contributed by atoms with Crippen LogP contribution < -0.4 is 10.2 Å². The van der Waals surface area contributed by atoms with Gasteiger partial charge in [-0.3, -0.25) is 14.4 Å². The number of aliphatic hydroxyl groups excluding tert-OH is 1. The second-order valence-electron chi connectivity index (χ2n) is 9.71. The Hall–Kier alpha value is -3.67. The third-order valence-electron chi connectivity index (χ3n) is 7.12. The number of ketones is 1. The van der Waals surface area contributed by atoms with Crippen molar-refractivity contribution in [3.8, 4) is 17.1 Å². The molecule has 1 aliphatic rings. The van der Waals surface area contributed by atoms with Crippen molar-refractivity contribution in [2.45, 2.75) is 65.7 Å². The van der Waals surface area contributed by atoms with Crippen molar-refractivity contribution in [2.24, 2.45) is 5.92 Å². The average molecular weight is 489 g/mol. The molecule has 0 unspecified atom stereocenters. The summed E-state index contributed by atoms with van der Waals surface area (Å²) in [6.07, 6.45) is 1.50. The third kappa shape index (κ3) is 4.04. The van der Waals surface area contributed by atoms with Crippen LogP contribution in [0.2, 0.25) is 0 Å². The predicted octanol–water partition coefficient (Wildman–Crippen LogP) is 6.73. The Bertz CT molecular complexity index is 1440. The van der Waals surface area contributed by atoms with Crippen LogP contribution in [0.25, 0.3) is 27.9 Å². The van der Waals surface area contributed by atoms with Gasteiger partial charge in [-0.2, -0.15) is 0 Å². The normalized spacial score (nSPS) is 14.9. The zero-order valence-corrected chi connectivity index (χ0v) is 21.4. The Morgan fingerprint density at radius 1 is 1.03 bits per heavy atom. The number of carbonyl (C=O) groups excluding carboxylic acids is 2. The summed E-state index contributed by atoms with van der Waals surface area (Å²) in [6.45, 7) is 9.48. The number of aliphatic hydroxyl groups is 1. The minimum absolute atomic E-state index is 0.0717. The standard InChI is InChI=1S/C30H32O6/c1-6-18-27(33)26-22(31)16-24(36-29(26)30(7-2,8-3)28(18)34)21-13-14-23(35-25(32)15-17(4)5)20-12-10-9-11-19(20)21/h9-14,16-17,33H,6-8,15H2,1-5H3. The van der Waals surface area contributed by atoms with E-state index < -0.39 is 10.8 Å². The van der Waals surface area contributed by atoms with Gasteiger partial charge in [-0.05, 0) is 42.7 Å². The molecule has 0 radical (unpaired) electrons. The largest absolute Gasteiger partial charge is 0.507 e. The maximum absolute atomic E-state index is 13.5. The van der Waals surface area contributed by atoms with Crippen molar-refractivity contribution in [1.82, 2.24) is 0 Å². The summed E-state index contributed by atoms with van der Waals surface area (Å²) in [5, 5.41) is 12.3. The Balaban J connectivity index is 1.94. The molecule has 4 rings (SSSR count). The fourth-order valence-corrected chi connectivity index (χ4v) is 5.13. The molecule has 188 valence electrons. The minimum atomic E-state index is -1.02. The Kier molecular flexibility index (Phi) is 6.90. The zero-order chi connectivity index (χ0) is 26.2. The highest BCUT2D eigenvalue weighted by molar-refractivity contribution is 6.10. The van der Waals surface area contributed by atoms with E-state index >= 15 is 0 Å². The van der Waals surface area contributed by atoms with Crippen molar-refractivity contribution in [2.75, 3.05) is 0 Å². The molecule has 36 heavy (non-hydrogen) atoms. The molecule has 3 aromatic rings. The summed E-state index contributed by atoms with van der Waals surface area (Å²) in [7, 11) is 0. The monoisotopic (exact) mass is 488 g/mol. The second-order valence-corrected chi connectivity index (χ2v) is 9.71. The summed E-state index contributed by atoms with van der Waals surface area (Å²) < 4.78 is 12.0. The second kappa shape index (κ2) is 9.76. The lowest BCUT2D eigenvalue weighted by Crippen LogP contribution is -2.41. The van der Waals surface area contributed by atoms with E-state index in [0.717, 1.165) is 5.39 Å². The van der Waals surface area contributed by atoms with Crippen LogP contribution in [0.15, 0.2) is 57.2 Å². The van der Waals surface area contributed by atoms with Crippen molar-refractivity contribution in [3.63, 3.8) is 0 Å². The number of benzene rings is 2. The average Bonchev–Trinajstić information content (AvgIpc) is 2.84. The number of fused-ring (bicyclic) bond motifs is 2. The first-order valence-corrected chi connectivity index (χ1v) is 12.6. The molecule has 2 aromatic carbocycles. The minimum Gasteiger partial charge on any atom is -0.507 e. The molecule has 0 fully saturated rings. The van der Waals surface area contributed by atoms with Gasteiger partial charge in [0.25, 0.3) is 0 Å². The van der Waals surface area contributed by atoms with Crippen LogP contribution in [-0.4, -0.2) is 16.9 Å². The van der Waals surface area contributed by atoms with Crippen LogP contribution in [0.1, 0.15) is 71.6 Å². The van der Waals surface area contributed by atoms with E-state index in [9.17, 15) is 19.5 Å². The van der Waals surface area contributed by atoms with Crippen molar-refractivity contribution in [3.05, 3.63) is 69.6 Å². The first kappa shape index (κ1) is 25.4. The van der Waals surface area contributed by atoms with Gasteiger partial charge < -0.3 is 14.3 Å². The van der Waals surface area contributed by atoms with Crippen LogP contribution in [-0.2, 0) is 15.0 Å². The molecule has 1 heterocycles. The molecule has 1 aromatic heterocycles. The first-order valence-electron chi connectivity index (χ1n) is 12.6. The van der Waals surface area contributed by atoms with Gasteiger partial charge in [0.15, 0.2) is 11.2 Å². The number of Topliss-reactive ketones (excluding diaryl/α,β-unsaturated/α-hetero) is 1. The number of rotatable bonds is 7. The number of hydrogen-bond acceptors (Lipinski definition) is 6. The van der Waals surface area contributed by atoms with E-state index in [1.807, 2.05) is 52.0 Å². The molecule has 0 saturated carbocycles. The van der Waals surface area contributed by atoms with Crippen LogP contribution in [0.5, 0.6) is 5.75 Å². The number of allylic oxidation sites excluding steroid dienone is 1. The molecule has 0 aliphatic heterocycles. The molecule has 1 aliphatic carbocycles. The van der Waals surface area contributed by atoms with E-state index in [4.69, 9.17) is 9.15 Å². The fraction of sp³-hybridized carbons (Fsp3) is 0.367. The van der Waals surface area contributed by atoms with E-state index in [2.05, 4.69) is 0 Å². The molecular weight excluding hydrogens is 456 g/mol. The summed E-state index contributed by atoms with van der Waals surface area (Å²) >= 11 is 0. The Morgan fingerprint density at radius 3 is 2.31 bits per heavy atom. The maximum Gasteiger partial charge on any atom is 0.311 e. The molecule has 0 bridgehead atoms. The van der Waals surface area contributed by atoms with Gasteiger partial charge in [0.1, 0.15) is 28.6 Å². The predicted molar refractivity (Wildman–Crippen MR) is 140 cm³/mol. The van der Waals surface area contributed by atoms with E-state index in [1.54, 1.807) is 19.1 Å². The summed E-state index contributed by atoms with van der Waals surface area (Å²) in [6, 6.07) is 12.2. The molecule has 6 heteroatoms. The highest BCUT2D eigenvalue weighted by atomic mass is 16.5. The molecule has 1 N–H and O–H groups in total. The van der Waals surface area contributed by atoms with Gasteiger partial charge in [0.05, 0.1) is 5.41 Å². The van der Waals surface area contributed by atoms with Gasteiger partial charge in [-0.1, -0.05) is 58.9 Å². The van der Waals surface area contributed by atoms with Gasteiger partial charge in [-0.15, -0.1) is 0 Å². The maximum atomic E-state index is 13.5. The van der Waals surface area contributed by atoms with E-state index in [-0.39, 0.29) is 40.3 Å². The number of ether oxygens (including phenoxy) is 1. The van der Waals surface area contributed by atoms with Crippen molar-refractivity contribution >= 4 is 28.3 Å². The topological polar surface area (TPSA) is 93.8 Å². The van der Waals surface area contributed by atoms with Gasteiger partial charge in [0.2, 0.25) is 0 Å². The van der Waals surface area contributed by atoms with Crippen LogP contribution in [0.4, 0.5) is 0 Å². The van der Waals surface area contributed by atoms with Gasteiger partial charge >= 0.3 is 5.97 Å². The molecule has 0 spiro atoms. The SMILES string of the molecule is CCC1=C(O)c2c(oc(-c3ccc(OC(=O)CC(C)C)c4ccccc34)cc2=O)C(CC)(CC)C1=O. The molecule has 0 atom stereocenters. The lowest BCUT2D eigenvalue weighted by molar-refractivity contribution is -0.135. The summed E-state index contributed by atoms with van der Waals surface area (Å²) in [4.78, 5) is 39.2. The van der Waals surface area contributed by atoms with E-state index in [1.165, 1.54) is 6.07 Å². The number of carbonyl (C=O) groups is 2. The van der Waals surface area contributed by atoms with Crippen LogP contribution >= 0.6 is 0 Å². The molecule has 0 amide bonds. The Morgan fingerprint density at radius 2 is 1.69 bits per heavy atom. The van der Waals surface area contributed by atoms with Crippen molar-refractivity contribution in [1.29, 1.82) is 0 Å². The number of hydrogen-bond donors (Lipinski definition) is 1. The highest BCUT2D eigenvalue weighted by Gasteiger charge is 2.48. The smallest absolute Gasteiger partial charge is 0.311 e. The summed E-state index contributed by atoms with van der Waals surface area (Å²) in [5.41, 5.74) is -0.450. The molecule has 0 saturated heterocycles. The lowest BCUT2D eigenvalue weighted by Gasteiger charge is -2.35. The first-order chi connectivity index (χ1) is 17.2. The molecular formula is C30H32O6. The lowest BCUT2D eigenvalue weighted by atomic mass is 9.68. The summed E-state index contributed by atoms with van der Waals surface area (Å²) in [5.74, 6) is 0.316. The molecule has 6 nitrogen and oxygen atoms in total. The third-order valence-corrected chi connectivity index (χ3v) is 7.12. The fourth-order valence-electron chi connectivity index (χ4n) is 5.13. The van der Waals surface area contributed by atoms with Gasteiger partial charge in [-0.25, -0.2) is 0 Å². The van der Waals surface area contributed by atoms with Gasteiger partial charge in [0, 0.05) is 29.0 Å². The Labute approximate surface area is 210 Å². The van der Waals surface area contributed by atoms with E-state index in [0.29, 0.717) is 48.1 Å². The van der Waals surface area contributed by atoms with Crippen LogP contribution in [0.3, 0.4) is 0 Å². The van der Waals surface area contributed by atoms with Crippen molar-refractivity contribution < 1.29 is 23.8 Å². The zero-order valence-electron chi connectivity index (χ0n) is 21.4. The highest BCUT2D eigenvalue weighted by Crippen LogP contribution is 2.45. The van der Waals surface area contributed by atoms with Crippen LogP contribution in [0, 0.1) is 5.92 Å². The quantitative estimate of drug-likeness (QED) is 0.293. The number of esters is 1.